The molecule has 2 aromatic rings. The molecule has 6 heteroatoms. The van der Waals surface area contributed by atoms with Crippen LogP contribution in [0.5, 0.6) is 5.88 Å². The normalized spacial score (nSPS) is 10.4. The molecule has 0 saturated carbocycles. The van der Waals surface area contributed by atoms with Gasteiger partial charge in [0.2, 0.25) is 5.88 Å². The maximum absolute atomic E-state index is 11.6. The Balaban J connectivity index is 2.85. The number of carbonyl (C=O) groups is 1. The van der Waals surface area contributed by atoms with Crippen LogP contribution in [0.1, 0.15) is 22.8 Å². The third kappa shape index (κ3) is 2.34. The van der Waals surface area contributed by atoms with E-state index in [1.54, 1.807) is 18.2 Å². The largest absolute Gasteiger partial charge is 0.493 e. The summed E-state index contributed by atoms with van der Waals surface area (Å²) in [7, 11) is 0. The highest BCUT2D eigenvalue weighted by Crippen LogP contribution is 2.20. The average molecular weight is 276 g/mol. The number of benzene rings is 1. The lowest BCUT2D eigenvalue weighted by molar-refractivity contribution is 0.101. The SMILES string of the molecule is CC(=O)c1c(O)n(-c2cccc(C)c2)c(=S)[nH]c1=O. The average Bonchev–Trinajstić information content (AvgIpc) is 2.27. The first kappa shape index (κ1) is 13.2. The summed E-state index contributed by atoms with van der Waals surface area (Å²) in [5, 5.41) is 10.1. The van der Waals surface area contributed by atoms with Crippen molar-refractivity contribution >= 4 is 18.0 Å². The van der Waals surface area contributed by atoms with Gasteiger partial charge in [-0.25, -0.2) is 0 Å². The summed E-state index contributed by atoms with van der Waals surface area (Å²) in [4.78, 5) is 25.4. The topological polar surface area (TPSA) is 75.1 Å². The number of Topliss-reactive ketones (excluding diaryl/α,β-unsaturated/α-hetero) is 1. The first-order valence-electron chi connectivity index (χ1n) is 5.58. The second-order valence-electron chi connectivity index (χ2n) is 4.19. The number of hydrogen-bond acceptors (Lipinski definition) is 4. The van der Waals surface area contributed by atoms with Gasteiger partial charge in [-0.05, 0) is 43.8 Å². The van der Waals surface area contributed by atoms with Gasteiger partial charge in [0.05, 0.1) is 5.69 Å². The van der Waals surface area contributed by atoms with Crippen LogP contribution < -0.4 is 5.56 Å². The van der Waals surface area contributed by atoms with Crippen LogP contribution in [0.2, 0.25) is 0 Å². The summed E-state index contributed by atoms with van der Waals surface area (Å²) in [6, 6.07) is 7.20. The lowest BCUT2D eigenvalue weighted by Crippen LogP contribution is -2.20. The fraction of sp³-hybridized carbons (Fsp3) is 0.154. The van der Waals surface area contributed by atoms with Gasteiger partial charge < -0.3 is 5.11 Å². The van der Waals surface area contributed by atoms with Gasteiger partial charge in [-0.1, -0.05) is 12.1 Å². The molecule has 0 atom stereocenters. The molecule has 2 rings (SSSR count). The molecule has 5 nitrogen and oxygen atoms in total. The van der Waals surface area contributed by atoms with Crippen molar-refractivity contribution in [3.63, 3.8) is 0 Å². The summed E-state index contributed by atoms with van der Waals surface area (Å²) in [6.45, 7) is 3.11. The monoisotopic (exact) mass is 276 g/mol. The molecule has 2 N–H and O–H groups in total. The molecule has 0 aliphatic carbocycles. The van der Waals surface area contributed by atoms with Crippen molar-refractivity contribution in [2.45, 2.75) is 13.8 Å². The van der Waals surface area contributed by atoms with Crippen molar-refractivity contribution in [2.24, 2.45) is 0 Å². The van der Waals surface area contributed by atoms with Gasteiger partial charge in [-0.3, -0.25) is 19.1 Å². The number of carbonyl (C=O) groups excluding carboxylic acids is 1. The Hall–Kier alpha value is -2.21. The summed E-state index contributed by atoms with van der Waals surface area (Å²) >= 11 is 5.03. The zero-order valence-electron chi connectivity index (χ0n) is 10.4. The highest BCUT2D eigenvalue weighted by Gasteiger charge is 2.17. The highest BCUT2D eigenvalue weighted by molar-refractivity contribution is 7.71. The van der Waals surface area contributed by atoms with E-state index in [0.29, 0.717) is 5.69 Å². The molecular weight excluding hydrogens is 264 g/mol. The summed E-state index contributed by atoms with van der Waals surface area (Å²) < 4.78 is 1.30. The Bertz CT molecular complexity index is 774. The predicted molar refractivity (Wildman–Crippen MR) is 73.6 cm³/mol. The van der Waals surface area contributed by atoms with Crippen molar-refractivity contribution in [1.82, 2.24) is 9.55 Å². The number of aromatic amines is 1. The van der Waals surface area contributed by atoms with Crippen LogP contribution in [-0.4, -0.2) is 20.4 Å². The second kappa shape index (κ2) is 4.81. The molecule has 0 aliphatic heterocycles. The summed E-state index contributed by atoms with van der Waals surface area (Å²) in [5.74, 6) is -0.956. The molecule has 1 aromatic carbocycles. The Labute approximate surface area is 114 Å². The number of aromatic hydroxyl groups is 1. The number of rotatable bonds is 2. The van der Waals surface area contributed by atoms with Gasteiger partial charge in [0.15, 0.2) is 10.6 Å². The quantitative estimate of drug-likeness (QED) is 0.650. The molecule has 0 bridgehead atoms. The number of nitrogens with zero attached hydrogens (tertiary/aromatic N) is 1. The fourth-order valence-corrected chi connectivity index (χ4v) is 2.13. The van der Waals surface area contributed by atoms with Crippen LogP contribution in [0.4, 0.5) is 0 Å². The maximum Gasteiger partial charge on any atom is 0.266 e. The third-order valence-corrected chi connectivity index (χ3v) is 2.98. The van der Waals surface area contributed by atoms with E-state index in [4.69, 9.17) is 12.2 Å². The second-order valence-corrected chi connectivity index (χ2v) is 4.58. The summed E-state index contributed by atoms with van der Waals surface area (Å²) in [6.07, 6.45) is 0. The number of nitrogens with one attached hydrogen (secondary N) is 1. The summed E-state index contributed by atoms with van der Waals surface area (Å²) in [5.41, 5.74) is 0.574. The minimum atomic E-state index is -0.682. The predicted octanol–water partition coefficient (Wildman–Crippen LogP) is 2.11. The van der Waals surface area contributed by atoms with Crippen LogP contribution in [0.3, 0.4) is 0 Å². The molecule has 0 unspecified atom stereocenters. The highest BCUT2D eigenvalue weighted by atomic mass is 32.1. The van der Waals surface area contributed by atoms with Gasteiger partial charge in [0.1, 0.15) is 5.56 Å². The molecule has 0 fully saturated rings. The lowest BCUT2D eigenvalue weighted by Gasteiger charge is -2.11. The minimum Gasteiger partial charge on any atom is -0.493 e. The van der Waals surface area contributed by atoms with Crippen LogP contribution >= 0.6 is 12.2 Å². The molecule has 0 aliphatic rings. The first-order chi connectivity index (χ1) is 8.91. The van der Waals surface area contributed by atoms with Crippen molar-refractivity contribution in [3.8, 4) is 11.6 Å². The van der Waals surface area contributed by atoms with Crippen molar-refractivity contribution < 1.29 is 9.90 Å². The Kier molecular flexibility index (Phi) is 3.35. The van der Waals surface area contributed by atoms with Crippen molar-refractivity contribution in [1.29, 1.82) is 0 Å². The van der Waals surface area contributed by atoms with E-state index in [0.717, 1.165) is 5.56 Å². The van der Waals surface area contributed by atoms with E-state index < -0.39 is 17.2 Å². The van der Waals surface area contributed by atoms with E-state index in [1.165, 1.54) is 11.5 Å². The number of aromatic nitrogens is 2. The van der Waals surface area contributed by atoms with Crippen LogP contribution in [0.25, 0.3) is 5.69 Å². The minimum absolute atomic E-state index is 0.0399. The molecule has 19 heavy (non-hydrogen) atoms. The van der Waals surface area contributed by atoms with Gasteiger partial charge >= 0.3 is 0 Å². The number of hydrogen-bond donors (Lipinski definition) is 2. The molecule has 98 valence electrons. The molecule has 0 radical (unpaired) electrons. The van der Waals surface area contributed by atoms with Gasteiger partial charge in [-0.15, -0.1) is 0 Å². The molecule has 1 heterocycles. The maximum atomic E-state index is 11.6. The molecule has 0 spiro atoms. The van der Waals surface area contributed by atoms with E-state index >= 15 is 0 Å². The Morgan fingerprint density at radius 2 is 2.11 bits per heavy atom. The standard InChI is InChI=1S/C13H12N2O3S/c1-7-4-3-5-9(6-7)15-12(18)10(8(2)16)11(17)14-13(15)19/h3-6,18H,1-2H3,(H,14,17,19). The van der Waals surface area contributed by atoms with E-state index in [2.05, 4.69) is 4.98 Å². The number of ketones is 1. The van der Waals surface area contributed by atoms with Crippen molar-refractivity contribution in [2.75, 3.05) is 0 Å². The molecular formula is C13H12N2O3S. The fourth-order valence-electron chi connectivity index (χ4n) is 1.85. The van der Waals surface area contributed by atoms with Crippen LogP contribution in [-0.2, 0) is 0 Å². The smallest absolute Gasteiger partial charge is 0.266 e. The van der Waals surface area contributed by atoms with Crippen LogP contribution in [0, 0.1) is 11.7 Å². The van der Waals surface area contributed by atoms with Gasteiger partial charge in [-0.2, -0.15) is 0 Å². The first-order valence-corrected chi connectivity index (χ1v) is 5.99. The lowest BCUT2D eigenvalue weighted by atomic mass is 10.2. The molecule has 1 aromatic heterocycles. The number of aryl methyl sites for hydroxylation is 1. The third-order valence-electron chi connectivity index (χ3n) is 2.70. The van der Waals surface area contributed by atoms with Crippen molar-refractivity contribution in [3.05, 3.63) is 50.5 Å². The Morgan fingerprint density at radius 1 is 1.42 bits per heavy atom. The van der Waals surface area contributed by atoms with Gasteiger partial charge in [0.25, 0.3) is 5.56 Å². The Morgan fingerprint density at radius 3 is 2.68 bits per heavy atom. The molecule has 0 saturated heterocycles. The van der Waals surface area contributed by atoms with Crippen LogP contribution in [0.15, 0.2) is 29.1 Å². The zero-order chi connectivity index (χ0) is 14.2. The zero-order valence-corrected chi connectivity index (χ0v) is 11.2. The molecule has 0 amide bonds. The van der Waals surface area contributed by atoms with E-state index in [9.17, 15) is 14.7 Å². The van der Waals surface area contributed by atoms with E-state index in [-0.39, 0.29) is 10.3 Å². The van der Waals surface area contributed by atoms with E-state index in [1.807, 2.05) is 13.0 Å². The van der Waals surface area contributed by atoms with Gasteiger partial charge in [0, 0.05) is 0 Å². The number of H-pyrrole nitrogens is 1.